The average Bonchev–Trinajstić information content (AvgIpc) is 2.87. The molecule has 2 heterocycles. The van der Waals surface area contributed by atoms with E-state index in [4.69, 9.17) is 27.6 Å². The Morgan fingerprint density at radius 1 is 1.41 bits per heavy atom. The van der Waals surface area contributed by atoms with Gasteiger partial charge in [-0.25, -0.2) is 9.83 Å². The van der Waals surface area contributed by atoms with E-state index >= 15 is 0 Å². The lowest BCUT2D eigenvalue weighted by molar-refractivity contribution is 0.332. The molecule has 0 N–H and O–H groups in total. The monoisotopic (exact) mass is 312 g/mol. The van der Waals surface area contributed by atoms with Crippen LogP contribution in [0.15, 0.2) is 18.2 Å². The normalized spacial score (nSPS) is 13.0. The number of fused-ring (bicyclic) bond motifs is 1. The standard InChI is InChI=1S/C16H14BClN2O2/c1-9-11-8-21-17(3)12(11)5-6-15(9)22-16-13(18)7-14(19-4)10(2)20-16/h5-7H,8H2,1-3H3. The second kappa shape index (κ2) is 5.64. The molecule has 110 valence electrons. The molecule has 1 aromatic carbocycles. The van der Waals surface area contributed by atoms with Crippen molar-refractivity contribution in [1.29, 1.82) is 0 Å². The molecule has 3 rings (SSSR count). The van der Waals surface area contributed by atoms with Crippen LogP contribution in [0.2, 0.25) is 11.8 Å². The lowest BCUT2D eigenvalue weighted by atomic mass is 9.64. The second-order valence-corrected chi connectivity index (χ2v) is 5.71. The summed E-state index contributed by atoms with van der Waals surface area (Å²) in [6.45, 7) is 13.6. The molecule has 0 atom stereocenters. The van der Waals surface area contributed by atoms with Gasteiger partial charge in [-0.15, -0.1) is 0 Å². The number of hydrogen-bond acceptors (Lipinski definition) is 3. The highest BCUT2D eigenvalue weighted by molar-refractivity contribution is 6.67. The van der Waals surface area contributed by atoms with Crippen LogP contribution in [-0.2, 0) is 11.3 Å². The first kappa shape index (κ1) is 14.9. The maximum absolute atomic E-state index is 7.08. The van der Waals surface area contributed by atoms with E-state index in [-0.39, 0.29) is 6.92 Å². The summed E-state index contributed by atoms with van der Waals surface area (Å²) in [5.41, 5.74) is 4.43. The van der Waals surface area contributed by atoms with Gasteiger partial charge in [-0.1, -0.05) is 24.5 Å². The summed E-state index contributed by atoms with van der Waals surface area (Å²) >= 11 is 6.17. The summed E-state index contributed by atoms with van der Waals surface area (Å²) in [6, 6.07) is 5.51. The highest BCUT2D eigenvalue weighted by Crippen LogP contribution is 2.34. The van der Waals surface area contributed by atoms with Crippen LogP contribution in [0, 0.1) is 20.4 Å². The van der Waals surface area contributed by atoms with E-state index in [1.54, 1.807) is 13.0 Å². The van der Waals surface area contributed by atoms with Gasteiger partial charge in [0.05, 0.1) is 18.2 Å². The Morgan fingerprint density at radius 3 is 2.91 bits per heavy atom. The van der Waals surface area contributed by atoms with Crippen LogP contribution in [0.4, 0.5) is 5.69 Å². The highest BCUT2D eigenvalue weighted by atomic mass is 35.5. The molecular weight excluding hydrogens is 298 g/mol. The molecule has 0 fully saturated rings. The zero-order valence-corrected chi connectivity index (χ0v) is 13.4. The number of ether oxygens (including phenoxy) is 1. The van der Waals surface area contributed by atoms with E-state index < -0.39 is 0 Å². The molecule has 0 aliphatic carbocycles. The van der Waals surface area contributed by atoms with Gasteiger partial charge in [-0.05, 0) is 42.6 Å². The summed E-state index contributed by atoms with van der Waals surface area (Å²) in [6.07, 6.45) is 0. The number of benzene rings is 1. The Bertz CT molecular complexity index is 802. The van der Waals surface area contributed by atoms with Crippen LogP contribution in [0.5, 0.6) is 11.6 Å². The maximum Gasteiger partial charge on any atom is 0.324 e. The number of pyridine rings is 1. The predicted molar refractivity (Wildman–Crippen MR) is 87.5 cm³/mol. The van der Waals surface area contributed by atoms with Gasteiger partial charge < -0.3 is 9.39 Å². The Labute approximate surface area is 135 Å². The van der Waals surface area contributed by atoms with Crippen molar-refractivity contribution in [2.45, 2.75) is 27.3 Å². The number of halogens is 1. The molecule has 4 nitrogen and oxygen atoms in total. The summed E-state index contributed by atoms with van der Waals surface area (Å²) in [5.74, 6) is 1.03. The van der Waals surface area contributed by atoms with Gasteiger partial charge in [-0.3, -0.25) is 0 Å². The number of rotatable bonds is 2. The molecule has 22 heavy (non-hydrogen) atoms. The third kappa shape index (κ3) is 2.45. The quantitative estimate of drug-likeness (QED) is 0.620. The lowest BCUT2D eigenvalue weighted by Crippen LogP contribution is -2.24. The molecule has 6 heteroatoms. The molecule has 1 aromatic heterocycles. The number of aryl methyl sites for hydroxylation is 1. The van der Waals surface area contributed by atoms with Crippen molar-refractivity contribution in [3.05, 3.63) is 51.5 Å². The van der Waals surface area contributed by atoms with E-state index in [9.17, 15) is 0 Å². The van der Waals surface area contributed by atoms with Crippen LogP contribution in [0.1, 0.15) is 16.8 Å². The van der Waals surface area contributed by atoms with Crippen molar-refractivity contribution < 1.29 is 9.39 Å². The minimum atomic E-state index is 0.115. The van der Waals surface area contributed by atoms with Crippen molar-refractivity contribution in [3.8, 4) is 11.6 Å². The van der Waals surface area contributed by atoms with E-state index in [1.807, 2.05) is 25.9 Å². The van der Waals surface area contributed by atoms with Crippen LogP contribution >= 0.6 is 11.6 Å². The van der Waals surface area contributed by atoms with Crippen LogP contribution in [0.25, 0.3) is 4.85 Å². The predicted octanol–water partition coefficient (Wildman–Crippen LogP) is 4.05. The van der Waals surface area contributed by atoms with Gasteiger partial charge >= 0.3 is 6.92 Å². The molecule has 1 aliphatic rings. The zero-order valence-electron chi connectivity index (χ0n) is 12.6. The Kier molecular flexibility index (Phi) is 3.82. The summed E-state index contributed by atoms with van der Waals surface area (Å²) in [5, 5.41) is 0.334. The van der Waals surface area contributed by atoms with Crippen LogP contribution in [0.3, 0.4) is 0 Å². The third-order valence-electron chi connectivity index (χ3n) is 3.94. The Balaban J connectivity index is 1.98. The number of nitrogens with zero attached hydrogens (tertiary/aromatic N) is 2. The summed E-state index contributed by atoms with van der Waals surface area (Å²) in [4.78, 5) is 7.67. The van der Waals surface area contributed by atoms with E-state index in [2.05, 4.69) is 9.83 Å². The summed E-state index contributed by atoms with van der Waals surface area (Å²) in [7, 11) is 0. The Morgan fingerprint density at radius 2 is 2.18 bits per heavy atom. The molecule has 0 amide bonds. The zero-order chi connectivity index (χ0) is 15.9. The molecule has 0 bridgehead atoms. The van der Waals surface area contributed by atoms with E-state index in [0.29, 0.717) is 34.6 Å². The molecular formula is C16H14BClN2O2. The molecule has 0 radical (unpaired) electrons. The molecule has 0 saturated heterocycles. The molecule has 2 aromatic rings. The van der Waals surface area contributed by atoms with Gasteiger partial charge in [0.1, 0.15) is 5.75 Å². The molecule has 0 unspecified atom stereocenters. The molecule has 0 spiro atoms. The van der Waals surface area contributed by atoms with Gasteiger partial charge in [0.25, 0.3) is 0 Å². The maximum atomic E-state index is 7.08. The first-order chi connectivity index (χ1) is 10.5. The van der Waals surface area contributed by atoms with Crippen molar-refractivity contribution in [3.63, 3.8) is 0 Å². The van der Waals surface area contributed by atoms with Crippen LogP contribution < -0.4 is 10.2 Å². The van der Waals surface area contributed by atoms with Gasteiger partial charge in [0, 0.05) is 5.69 Å². The lowest BCUT2D eigenvalue weighted by Gasteiger charge is -2.13. The van der Waals surface area contributed by atoms with E-state index in [0.717, 1.165) is 11.1 Å². The van der Waals surface area contributed by atoms with Crippen molar-refractivity contribution in [2.24, 2.45) is 0 Å². The largest absolute Gasteiger partial charge is 0.437 e. The van der Waals surface area contributed by atoms with Gasteiger partial charge in [-0.2, -0.15) is 0 Å². The number of aromatic nitrogens is 1. The van der Waals surface area contributed by atoms with E-state index in [1.165, 1.54) is 5.46 Å². The minimum absolute atomic E-state index is 0.115. The van der Waals surface area contributed by atoms with Crippen molar-refractivity contribution >= 4 is 29.7 Å². The second-order valence-electron chi connectivity index (χ2n) is 5.30. The topological polar surface area (TPSA) is 35.7 Å². The molecule has 0 saturated carbocycles. The first-order valence-electron chi connectivity index (χ1n) is 6.97. The summed E-state index contributed by atoms with van der Waals surface area (Å²) < 4.78 is 11.5. The smallest absolute Gasteiger partial charge is 0.324 e. The Hall–Kier alpha value is -2.03. The fourth-order valence-electron chi connectivity index (χ4n) is 2.58. The van der Waals surface area contributed by atoms with Gasteiger partial charge in [0.2, 0.25) is 11.6 Å². The minimum Gasteiger partial charge on any atom is -0.437 e. The highest BCUT2D eigenvalue weighted by Gasteiger charge is 2.26. The SMILES string of the molecule is [C-]#[N+]c1cc(Cl)c(Oc2ccc3c(c2C)COB3C)nc1C. The van der Waals surface area contributed by atoms with Crippen molar-refractivity contribution in [2.75, 3.05) is 0 Å². The van der Waals surface area contributed by atoms with Crippen molar-refractivity contribution in [1.82, 2.24) is 4.98 Å². The first-order valence-corrected chi connectivity index (χ1v) is 7.35. The third-order valence-corrected chi connectivity index (χ3v) is 4.21. The van der Waals surface area contributed by atoms with Gasteiger partial charge in [0.15, 0.2) is 0 Å². The number of hydrogen-bond donors (Lipinski definition) is 0. The fourth-order valence-corrected chi connectivity index (χ4v) is 2.76. The van der Waals surface area contributed by atoms with Crippen LogP contribution in [-0.4, -0.2) is 11.9 Å². The average molecular weight is 313 g/mol. The molecule has 1 aliphatic heterocycles. The fraction of sp³-hybridized carbons (Fsp3) is 0.250.